The van der Waals surface area contributed by atoms with Crippen molar-refractivity contribution in [2.24, 2.45) is 17.6 Å². The molecule has 0 aromatic heterocycles. The molecule has 0 radical (unpaired) electrons. The van der Waals surface area contributed by atoms with E-state index in [0.717, 1.165) is 13.1 Å². The summed E-state index contributed by atoms with van der Waals surface area (Å²) in [6.45, 7) is 10.5. The summed E-state index contributed by atoms with van der Waals surface area (Å²) in [5, 5.41) is 2.87. The number of nitrogens with zero attached hydrogens (tertiary/aromatic N) is 1. The second-order valence-electron chi connectivity index (χ2n) is 5.22. The van der Waals surface area contributed by atoms with Gasteiger partial charge in [-0.2, -0.15) is 0 Å². The van der Waals surface area contributed by atoms with Crippen LogP contribution in [0.25, 0.3) is 0 Å². The average molecular weight is 257 g/mol. The first-order valence-electron chi connectivity index (χ1n) is 6.89. The molecule has 1 fully saturated rings. The molecule has 0 aromatic carbocycles. The van der Waals surface area contributed by atoms with Gasteiger partial charge >= 0.3 is 0 Å². The Balaban J connectivity index is 2.61. The standard InChI is InChI=1S/C13H27N3O2/c1-4-15-13(17)12-9-18-6-5-16(12)8-11(7-14)10(2)3/h10-12H,4-9,14H2,1-3H3,(H,15,17). The summed E-state index contributed by atoms with van der Waals surface area (Å²) in [7, 11) is 0. The van der Waals surface area contributed by atoms with Gasteiger partial charge in [0.2, 0.25) is 5.91 Å². The Morgan fingerprint density at radius 3 is 2.83 bits per heavy atom. The highest BCUT2D eigenvalue weighted by Crippen LogP contribution is 2.15. The second kappa shape index (κ2) is 7.71. The number of ether oxygens (including phenoxy) is 1. The van der Waals surface area contributed by atoms with E-state index in [1.54, 1.807) is 0 Å². The van der Waals surface area contributed by atoms with Gasteiger partial charge in [0.1, 0.15) is 6.04 Å². The second-order valence-corrected chi connectivity index (χ2v) is 5.22. The summed E-state index contributed by atoms with van der Waals surface area (Å²) in [6, 6.07) is -0.161. The van der Waals surface area contributed by atoms with E-state index in [1.807, 2.05) is 6.92 Å². The molecule has 1 aliphatic heterocycles. The van der Waals surface area contributed by atoms with Gasteiger partial charge in [-0.15, -0.1) is 0 Å². The Bertz CT molecular complexity index is 259. The van der Waals surface area contributed by atoms with Crippen LogP contribution in [0.1, 0.15) is 20.8 Å². The molecule has 0 saturated carbocycles. The van der Waals surface area contributed by atoms with Gasteiger partial charge in [-0.3, -0.25) is 9.69 Å². The topological polar surface area (TPSA) is 67.6 Å². The summed E-state index contributed by atoms with van der Waals surface area (Å²) in [5.74, 6) is 1.03. The number of carbonyl (C=O) groups excluding carboxylic acids is 1. The number of hydrogen-bond donors (Lipinski definition) is 2. The maximum absolute atomic E-state index is 12.0. The minimum absolute atomic E-state index is 0.0664. The van der Waals surface area contributed by atoms with Crippen LogP contribution in [0.4, 0.5) is 0 Å². The zero-order valence-corrected chi connectivity index (χ0v) is 11.8. The molecule has 18 heavy (non-hydrogen) atoms. The molecule has 3 N–H and O–H groups in total. The molecule has 1 rings (SSSR count). The van der Waals surface area contributed by atoms with Gasteiger partial charge in [0, 0.05) is 19.6 Å². The summed E-state index contributed by atoms with van der Waals surface area (Å²) in [6.07, 6.45) is 0. The molecule has 5 nitrogen and oxygen atoms in total. The Labute approximate surface area is 110 Å². The van der Waals surface area contributed by atoms with Crippen molar-refractivity contribution >= 4 is 5.91 Å². The molecule has 2 atom stereocenters. The van der Waals surface area contributed by atoms with Crippen LogP contribution in [-0.2, 0) is 9.53 Å². The lowest BCUT2D eigenvalue weighted by molar-refractivity contribution is -0.133. The number of morpholine rings is 1. The quantitative estimate of drug-likeness (QED) is 0.706. The minimum atomic E-state index is -0.161. The SMILES string of the molecule is CCNC(=O)C1COCCN1CC(CN)C(C)C. The first-order chi connectivity index (χ1) is 8.60. The van der Waals surface area contributed by atoms with Gasteiger partial charge in [0.25, 0.3) is 0 Å². The molecule has 5 heteroatoms. The first-order valence-corrected chi connectivity index (χ1v) is 6.89. The van der Waals surface area contributed by atoms with Crippen LogP contribution in [0, 0.1) is 11.8 Å². The van der Waals surface area contributed by atoms with Crippen molar-refractivity contribution in [2.75, 3.05) is 39.4 Å². The molecule has 2 unspecified atom stereocenters. The van der Waals surface area contributed by atoms with E-state index in [9.17, 15) is 4.79 Å². The third-order valence-corrected chi connectivity index (χ3v) is 3.61. The Hall–Kier alpha value is -0.650. The number of nitrogens with two attached hydrogens (primary N) is 1. The van der Waals surface area contributed by atoms with Gasteiger partial charge in [-0.25, -0.2) is 0 Å². The lowest BCUT2D eigenvalue weighted by atomic mass is 9.94. The third-order valence-electron chi connectivity index (χ3n) is 3.61. The smallest absolute Gasteiger partial charge is 0.239 e. The molecular formula is C13H27N3O2. The molecule has 0 aliphatic carbocycles. The zero-order chi connectivity index (χ0) is 13.5. The van der Waals surface area contributed by atoms with Crippen molar-refractivity contribution in [3.8, 4) is 0 Å². The van der Waals surface area contributed by atoms with Crippen LogP contribution in [0.3, 0.4) is 0 Å². The van der Waals surface area contributed by atoms with E-state index >= 15 is 0 Å². The number of carbonyl (C=O) groups is 1. The Kier molecular flexibility index (Phi) is 6.60. The maximum atomic E-state index is 12.0. The predicted octanol–water partition coefficient (Wildman–Crippen LogP) is 0.0542. The highest BCUT2D eigenvalue weighted by Gasteiger charge is 2.30. The average Bonchev–Trinajstić information content (AvgIpc) is 2.36. The summed E-state index contributed by atoms with van der Waals surface area (Å²) < 4.78 is 5.42. The highest BCUT2D eigenvalue weighted by molar-refractivity contribution is 5.81. The van der Waals surface area contributed by atoms with E-state index in [0.29, 0.717) is 38.1 Å². The molecule has 106 valence electrons. The molecule has 1 heterocycles. The van der Waals surface area contributed by atoms with Crippen LogP contribution in [0.5, 0.6) is 0 Å². The molecule has 0 spiro atoms. The van der Waals surface area contributed by atoms with E-state index in [1.165, 1.54) is 0 Å². The van der Waals surface area contributed by atoms with Gasteiger partial charge < -0.3 is 15.8 Å². The maximum Gasteiger partial charge on any atom is 0.239 e. The fourth-order valence-corrected chi connectivity index (χ4v) is 2.25. The van der Waals surface area contributed by atoms with Crippen LogP contribution in [0.2, 0.25) is 0 Å². The minimum Gasteiger partial charge on any atom is -0.378 e. The van der Waals surface area contributed by atoms with Crippen molar-refractivity contribution in [1.82, 2.24) is 10.2 Å². The summed E-state index contributed by atoms with van der Waals surface area (Å²) in [4.78, 5) is 14.2. The highest BCUT2D eigenvalue weighted by atomic mass is 16.5. The largest absolute Gasteiger partial charge is 0.378 e. The van der Waals surface area contributed by atoms with E-state index in [-0.39, 0.29) is 11.9 Å². The molecule has 0 bridgehead atoms. The number of hydrogen-bond acceptors (Lipinski definition) is 4. The van der Waals surface area contributed by atoms with Crippen LogP contribution in [-0.4, -0.2) is 56.2 Å². The number of amides is 1. The van der Waals surface area contributed by atoms with Crippen LogP contribution >= 0.6 is 0 Å². The van der Waals surface area contributed by atoms with Gasteiger partial charge in [0.05, 0.1) is 13.2 Å². The number of likely N-dealkylation sites (N-methyl/N-ethyl adjacent to an activating group) is 1. The summed E-state index contributed by atoms with van der Waals surface area (Å²) in [5.41, 5.74) is 5.81. The monoisotopic (exact) mass is 257 g/mol. The van der Waals surface area contributed by atoms with Gasteiger partial charge in [0.15, 0.2) is 0 Å². The van der Waals surface area contributed by atoms with Crippen molar-refractivity contribution in [1.29, 1.82) is 0 Å². The fourth-order valence-electron chi connectivity index (χ4n) is 2.25. The molecule has 0 aromatic rings. The fraction of sp³-hybridized carbons (Fsp3) is 0.923. The molecule has 1 amide bonds. The van der Waals surface area contributed by atoms with Crippen LogP contribution < -0.4 is 11.1 Å². The Morgan fingerprint density at radius 2 is 2.28 bits per heavy atom. The lowest BCUT2D eigenvalue weighted by Crippen LogP contribution is -2.55. The van der Waals surface area contributed by atoms with E-state index in [4.69, 9.17) is 10.5 Å². The predicted molar refractivity (Wildman–Crippen MR) is 72.2 cm³/mol. The zero-order valence-electron chi connectivity index (χ0n) is 11.8. The first kappa shape index (κ1) is 15.4. The lowest BCUT2D eigenvalue weighted by Gasteiger charge is -2.37. The molecular weight excluding hydrogens is 230 g/mol. The third kappa shape index (κ3) is 4.23. The molecule has 1 saturated heterocycles. The Morgan fingerprint density at radius 1 is 1.56 bits per heavy atom. The molecule has 1 aliphatic rings. The van der Waals surface area contributed by atoms with E-state index in [2.05, 4.69) is 24.1 Å². The van der Waals surface area contributed by atoms with Gasteiger partial charge in [-0.05, 0) is 25.3 Å². The van der Waals surface area contributed by atoms with Crippen molar-refractivity contribution in [3.63, 3.8) is 0 Å². The number of nitrogens with one attached hydrogen (secondary N) is 1. The summed E-state index contributed by atoms with van der Waals surface area (Å²) >= 11 is 0. The van der Waals surface area contributed by atoms with E-state index < -0.39 is 0 Å². The number of rotatable bonds is 6. The normalized spacial score (nSPS) is 23.1. The van der Waals surface area contributed by atoms with Crippen molar-refractivity contribution < 1.29 is 9.53 Å². The van der Waals surface area contributed by atoms with Crippen molar-refractivity contribution in [3.05, 3.63) is 0 Å². The van der Waals surface area contributed by atoms with Crippen molar-refractivity contribution in [2.45, 2.75) is 26.8 Å². The van der Waals surface area contributed by atoms with Crippen LogP contribution in [0.15, 0.2) is 0 Å². The van der Waals surface area contributed by atoms with Gasteiger partial charge in [-0.1, -0.05) is 13.8 Å².